The molecule has 0 radical (unpaired) electrons. The van der Waals surface area contributed by atoms with Crippen molar-refractivity contribution in [2.75, 3.05) is 0 Å². The second kappa shape index (κ2) is 4.89. The first-order chi connectivity index (χ1) is 11.2. The fourth-order valence-electron chi connectivity index (χ4n) is 6.94. The lowest BCUT2D eigenvalue weighted by atomic mass is 9.42. The third-order valence-electron chi connectivity index (χ3n) is 8.12. The highest BCUT2D eigenvalue weighted by molar-refractivity contribution is 5.94. The Morgan fingerprint density at radius 1 is 1.04 bits per heavy atom. The van der Waals surface area contributed by atoms with Gasteiger partial charge in [0.05, 0.1) is 5.41 Å². The van der Waals surface area contributed by atoms with Gasteiger partial charge in [-0.25, -0.2) is 0 Å². The van der Waals surface area contributed by atoms with Gasteiger partial charge in [0.2, 0.25) is 0 Å². The van der Waals surface area contributed by atoms with Gasteiger partial charge in [0.25, 0.3) is 0 Å². The molecular weight excluding hydrogens is 300 g/mol. The second-order valence-electron chi connectivity index (χ2n) is 9.62. The van der Waals surface area contributed by atoms with Crippen LogP contribution in [0.2, 0.25) is 0 Å². The molecule has 0 aromatic carbocycles. The number of rotatable bonds is 1. The minimum Gasteiger partial charge on any atom is -0.302 e. The number of aldehydes is 1. The maximum Gasteiger partial charge on any atom is 0.155 e. The Hall–Kier alpha value is -1.25. The summed E-state index contributed by atoms with van der Waals surface area (Å²) < 4.78 is 0. The molecule has 3 nitrogen and oxygen atoms in total. The van der Waals surface area contributed by atoms with Gasteiger partial charge in [-0.1, -0.05) is 26.3 Å². The van der Waals surface area contributed by atoms with Crippen LogP contribution in [0, 0.1) is 34.0 Å². The van der Waals surface area contributed by atoms with E-state index in [9.17, 15) is 14.4 Å². The SMILES string of the molecule is CC1(C)CC2=CC(=O)CC[C@]2(C=O)[C@@H]2CC[C@]3(C)C(=O)CC[C@H]3[C@@H]21. The smallest absolute Gasteiger partial charge is 0.155 e. The molecule has 0 aromatic heterocycles. The van der Waals surface area contributed by atoms with Crippen molar-refractivity contribution < 1.29 is 14.4 Å². The van der Waals surface area contributed by atoms with Crippen molar-refractivity contribution in [1.29, 1.82) is 0 Å². The van der Waals surface area contributed by atoms with Gasteiger partial charge in [0.1, 0.15) is 12.1 Å². The molecule has 0 unspecified atom stereocenters. The fraction of sp³-hybridized carbons (Fsp3) is 0.762. The van der Waals surface area contributed by atoms with Gasteiger partial charge in [-0.2, -0.15) is 0 Å². The first-order valence-electron chi connectivity index (χ1n) is 9.48. The third-order valence-corrected chi connectivity index (χ3v) is 8.12. The van der Waals surface area contributed by atoms with Crippen LogP contribution < -0.4 is 0 Å². The maximum atomic E-state index is 12.6. The zero-order valence-corrected chi connectivity index (χ0v) is 15.1. The second-order valence-corrected chi connectivity index (χ2v) is 9.62. The summed E-state index contributed by atoms with van der Waals surface area (Å²) in [7, 11) is 0. The van der Waals surface area contributed by atoms with Crippen LogP contribution in [-0.4, -0.2) is 17.9 Å². The highest BCUT2D eigenvalue weighted by Crippen LogP contribution is 2.68. The van der Waals surface area contributed by atoms with E-state index in [1.165, 1.54) is 0 Å². The Morgan fingerprint density at radius 2 is 1.79 bits per heavy atom. The molecule has 3 heteroatoms. The van der Waals surface area contributed by atoms with E-state index < -0.39 is 5.41 Å². The predicted molar refractivity (Wildman–Crippen MR) is 91.3 cm³/mol. The van der Waals surface area contributed by atoms with Crippen molar-refractivity contribution in [3.63, 3.8) is 0 Å². The Kier molecular flexibility index (Phi) is 3.31. The largest absolute Gasteiger partial charge is 0.302 e. The summed E-state index contributed by atoms with van der Waals surface area (Å²) in [6.07, 6.45) is 8.47. The molecular formula is C21H28O3. The molecule has 130 valence electrons. The van der Waals surface area contributed by atoms with Crippen LogP contribution in [0.3, 0.4) is 0 Å². The van der Waals surface area contributed by atoms with Gasteiger partial charge in [0.15, 0.2) is 5.78 Å². The topological polar surface area (TPSA) is 51.2 Å². The zero-order valence-electron chi connectivity index (χ0n) is 15.1. The monoisotopic (exact) mass is 328 g/mol. The van der Waals surface area contributed by atoms with Gasteiger partial charge in [-0.3, -0.25) is 9.59 Å². The Bertz CT molecular complexity index is 658. The quantitative estimate of drug-likeness (QED) is 0.686. The average molecular weight is 328 g/mol. The Labute approximate surface area is 144 Å². The van der Waals surface area contributed by atoms with E-state index in [4.69, 9.17) is 0 Å². The van der Waals surface area contributed by atoms with E-state index in [1.54, 1.807) is 6.08 Å². The number of allylic oxidation sites excluding steroid dienone is 1. The number of ketones is 2. The van der Waals surface area contributed by atoms with Gasteiger partial charge < -0.3 is 4.79 Å². The first kappa shape index (κ1) is 16.2. The molecule has 0 bridgehead atoms. The molecule has 4 rings (SSSR count). The molecule has 24 heavy (non-hydrogen) atoms. The Morgan fingerprint density at radius 3 is 2.50 bits per heavy atom. The van der Waals surface area contributed by atoms with Gasteiger partial charge in [-0.15, -0.1) is 0 Å². The van der Waals surface area contributed by atoms with Crippen molar-refractivity contribution in [1.82, 2.24) is 0 Å². The van der Waals surface area contributed by atoms with Crippen molar-refractivity contribution in [2.45, 2.75) is 65.7 Å². The normalized spacial score (nSPS) is 46.6. The van der Waals surface area contributed by atoms with Crippen LogP contribution in [0.5, 0.6) is 0 Å². The molecule has 0 N–H and O–H groups in total. The van der Waals surface area contributed by atoms with E-state index in [0.29, 0.717) is 42.8 Å². The molecule has 3 fully saturated rings. The summed E-state index contributed by atoms with van der Waals surface area (Å²) in [6, 6.07) is 0. The molecule has 0 aromatic rings. The predicted octanol–water partition coefficient (Wildman–Crippen LogP) is 3.90. The number of carbonyl (C=O) groups is 3. The molecule has 5 atom stereocenters. The van der Waals surface area contributed by atoms with Crippen LogP contribution in [0.1, 0.15) is 65.7 Å². The summed E-state index contributed by atoms with van der Waals surface area (Å²) in [5.74, 6) is 1.70. The maximum absolute atomic E-state index is 12.6. The van der Waals surface area contributed by atoms with Gasteiger partial charge in [-0.05, 0) is 61.3 Å². The molecule has 0 amide bonds. The number of Topliss-reactive ketones (excluding diaryl/α,β-unsaturated/α-hetero) is 1. The van der Waals surface area contributed by atoms with Crippen LogP contribution in [0.15, 0.2) is 11.6 Å². The summed E-state index contributed by atoms with van der Waals surface area (Å²) in [5, 5.41) is 0. The lowest BCUT2D eigenvalue weighted by molar-refractivity contribution is -0.145. The van der Waals surface area contributed by atoms with Crippen molar-refractivity contribution in [3.05, 3.63) is 11.6 Å². The van der Waals surface area contributed by atoms with E-state index in [1.807, 2.05) is 0 Å². The molecule has 3 saturated carbocycles. The van der Waals surface area contributed by atoms with Crippen molar-refractivity contribution in [2.24, 2.45) is 34.0 Å². The van der Waals surface area contributed by atoms with Gasteiger partial charge in [0, 0.05) is 18.3 Å². The first-order valence-corrected chi connectivity index (χ1v) is 9.48. The number of fused-ring (bicyclic) bond motifs is 5. The van der Waals surface area contributed by atoms with E-state index in [2.05, 4.69) is 20.8 Å². The summed E-state index contributed by atoms with van der Waals surface area (Å²) in [5.41, 5.74) is 0.486. The minimum absolute atomic E-state index is 0.0393. The number of hydrogen-bond donors (Lipinski definition) is 0. The lowest BCUT2D eigenvalue weighted by Gasteiger charge is -2.61. The highest BCUT2D eigenvalue weighted by Gasteiger charge is 2.64. The van der Waals surface area contributed by atoms with Crippen LogP contribution in [0.25, 0.3) is 0 Å². The van der Waals surface area contributed by atoms with Crippen LogP contribution >= 0.6 is 0 Å². The molecule has 0 heterocycles. The van der Waals surface area contributed by atoms with Crippen LogP contribution in [0.4, 0.5) is 0 Å². The van der Waals surface area contributed by atoms with Crippen molar-refractivity contribution >= 4 is 17.9 Å². The molecule has 4 aliphatic rings. The summed E-state index contributed by atoms with van der Waals surface area (Å²) in [4.78, 5) is 36.9. The minimum atomic E-state index is -0.443. The average Bonchev–Trinajstić information content (AvgIpc) is 2.82. The van der Waals surface area contributed by atoms with E-state index >= 15 is 0 Å². The summed E-state index contributed by atoms with van der Waals surface area (Å²) in [6.45, 7) is 6.74. The third kappa shape index (κ3) is 1.87. The van der Waals surface area contributed by atoms with Gasteiger partial charge >= 0.3 is 0 Å². The fourth-order valence-corrected chi connectivity index (χ4v) is 6.94. The molecule has 0 saturated heterocycles. The molecule has 0 aliphatic heterocycles. The zero-order chi connectivity index (χ0) is 17.3. The molecule has 0 spiro atoms. The summed E-state index contributed by atoms with van der Waals surface area (Å²) >= 11 is 0. The van der Waals surface area contributed by atoms with E-state index in [-0.39, 0.29) is 16.6 Å². The lowest BCUT2D eigenvalue weighted by Crippen LogP contribution is -2.57. The Balaban J connectivity index is 1.84. The molecule has 4 aliphatic carbocycles. The standard InChI is InChI=1S/C21H28O3/c1-19(2)11-13-10-14(23)6-9-21(13,12-22)16-7-8-20(3)15(18(16)19)4-5-17(20)24/h10,12,15-16,18H,4-9,11H2,1-3H3/t15-,16+,18-,20-,21+/m0/s1. The van der Waals surface area contributed by atoms with E-state index in [0.717, 1.165) is 37.5 Å². The highest BCUT2D eigenvalue weighted by atomic mass is 16.1. The van der Waals surface area contributed by atoms with Crippen LogP contribution in [-0.2, 0) is 14.4 Å². The number of hydrogen-bond acceptors (Lipinski definition) is 3. The van der Waals surface area contributed by atoms with Crippen molar-refractivity contribution in [3.8, 4) is 0 Å². The number of carbonyl (C=O) groups excluding carboxylic acids is 3.